The van der Waals surface area contributed by atoms with Gasteiger partial charge in [-0.05, 0) is 60.7 Å². The van der Waals surface area contributed by atoms with Crippen LogP contribution in [0.1, 0.15) is 108 Å². The van der Waals surface area contributed by atoms with Crippen LogP contribution in [0.2, 0.25) is 16.6 Å². The van der Waals surface area contributed by atoms with Gasteiger partial charge >= 0.3 is 0 Å². The summed E-state index contributed by atoms with van der Waals surface area (Å²) >= 11 is 0. The summed E-state index contributed by atoms with van der Waals surface area (Å²) in [5.74, 6) is 3.27. The molecule has 0 amide bonds. The lowest BCUT2D eigenvalue weighted by Gasteiger charge is -2.48. The van der Waals surface area contributed by atoms with Crippen LogP contribution < -0.4 is 0 Å². The SMILES string of the molecule is C#C[C@H](C)[C@H](O[Si](C(C)C)(C(C)C)C(C)C)/C(C)=C/C[C@@H]1CC(=O)C[C@@]2(CC[C@H](C)[C@@H](C(C)C)O2)O1. The Morgan fingerprint density at radius 2 is 1.69 bits per heavy atom. The second kappa shape index (κ2) is 12.7. The van der Waals surface area contributed by atoms with Gasteiger partial charge in [0.2, 0.25) is 8.32 Å². The van der Waals surface area contributed by atoms with Crippen molar-refractivity contribution >= 4 is 14.1 Å². The van der Waals surface area contributed by atoms with Crippen LogP contribution in [0.25, 0.3) is 0 Å². The molecule has 0 unspecified atom stereocenters. The second-order valence-corrected chi connectivity index (χ2v) is 18.3. The van der Waals surface area contributed by atoms with Crippen LogP contribution in [0.3, 0.4) is 0 Å². The van der Waals surface area contributed by atoms with Crippen LogP contribution in [0, 0.1) is 30.1 Å². The number of rotatable bonds is 10. The van der Waals surface area contributed by atoms with Gasteiger partial charge in [-0.2, -0.15) is 0 Å². The fourth-order valence-corrected chi connectivity index (χ4v) is 12.6. The van der Waals surface area contributed by atoms with Crippen molar-refractivity contribution in [2.75, 3.05) is 0 Å². The van der Waals surface area contributed by atoms with Gasteiger partial charge in [-0.25, -0.2) is 0 Å². The number of terminal acetylenes is 1. The summed E-state index contributed by atoms with van der Waals surface area (Å²) in [6, 6.07) is 0. The fraction of sp³-hybridized carbons (Fsp3) is 0.839. The quantitative estimate of drug-likeness (QED) is 0.167. The molecule has 36 heavy (non-hydrogen) atoms. The van der Waals surface area contributed by atoms with E-state index in [0.717, 1.165) is 18.4 Å². The van der Waals surface area contributed by atoms with E-state index < -0.39 is 14.1 Å². The molecule has 0 aromatic carbocycles. The Kier molecular flexibility index (Phi) is 11.1. The molecule has 2 heterocycles. The number of carbonyl (C=O) groups is 1. The number of ether oxygens (including phenoxy) is 2. The predicted molar refractivity (Wildman–Crippen MR) is 152 cm³/mol. The lowest BCUT2D eigenvalue weighted by atomic mass is 9.83. The molecule has 0 aromatic rings. The summed E-state index contributed by atoms with van der Waals surface area (Å²) in [5.41, 5.74) is 2.60. The van der Waals surface area contributed by atoms with E-state index in [2.05, 4.69) is 88.2 Å². The summed E-state index contributed by atoms with van der Waals surface area (Å²) in [5, 5.41) is 0. The van der Waals surface area contributed by atoms with E-state index >= 15 is 0 Å². The second-order valence-electron chi connectivity index (χ2n) is 12.9. The summed E-state index contributed by atoms with van der Waals surface area (Å²) in [6.07, 6.45) is 11.3. The standard InChI is InChI=1S/C31H54O4Si/c1-13-24(10)30(35-36(21(4)5,22(6)7)23(8)9)25(11)14-15-28-18-27(32)19-31(33-28)17-16-26(12)29(34-31)20(2)3/h1,14,20-24,26,28-30H,15-19H2,2-12H3/b25-14+/t24-,26-,28+,29+,30-,31-/m0/s1. The molecule has 1 spiro atoms. The molecule has 0 aromatic heterocycles. The fourth-order valence-electron chi connectivity index (χ4n) is 6.93. The Morgan fingerprint density at radius 1 is 1.11 bits per heavy atom. The van der Waals surface area contributed by atoms with Gasteiger partial charge in [0.1, 0.15) is 5.78 Å². The van der Waals surface area contributed by atoms with Gasteiger partial charge in [0.05, 0.1) is 24.7 Å². The Balaban J connectivity index is 2.25. The summed E-state index contributed by atoms with van der Waals surface area (Å²) in [6.45, 7) is 24.7. The smallest absolute Gasteiger partial charge is 0.201 e. The molecule has 6 atom stereocenters. The summed E-state index contributed by atoms with van der Waals surface area (Å²) in [7, 11) is -2.11. The molecule has 2 rings (SSSR count). The highest BCUT2D eigenvalue weighted by Crippen LogP contribution is 2.45. The molecule has 5 heteroatoms. The van der Waals surface area contributed by atoms with Crippen molar-refractivity contribution in [3.05, 3.63) is 11.6 Å². The van der Waals surface area contributed by atoms with Gasteiger partial charge in [0.15, 0.2) is 5.79 Å². The van der Waals surface area contributed by atoms with Gasteiger partial charge in [0.25, 0.3) is 0 Å². The normalized spacial score (nSPS) is 29.9. The number of ketones is 1. The number of carbonyl (C=O) groups excluding carboxylic acids is 1. The minimum absolute atomic E-state index is 0.0282. The largest absolute Gasteiger partial charge is 0.408 e. The molecular formula is C31H54O4Si. The van der Waals surface area contributed by atoms with Crippen LogP contribution in [0.5, 0.6) is 0 Å². The molecule has 0 saturated carbocycles. The van der Waals surface area contributed by atoms with Crippen molar-refractivity contribution in [2.45, 2.75) is 149 Å². The molecule has 206 valence electrons. The van der Waals surface area contributed by atoms with Crippen molar-refractivity contribution in [1.29, 1.82) is 0 Å². The van der Waals surface area contributed by atoms with Crippen molar-refractivity contribution in [2.24, 2.45) is 17.8 Å². The topological polar surface area (TPSA) is 44.8 Å². The molecule has 2 aliphatic rings. The van der Waals surface area contributed by atoms with Crippen LogP contribution in [0.4, 0.5) is 0 Å². The molecule has 0 aliphatic carbocycles. The monoisotopic (exact) mass is 518 g/mol. The summed E-state index contributed by atoms with van der Waals surface area (Å²) < 4.78 is 20.3. The van der Waals surface area contributed by atoms with Gasteiger partial charge in [-0.3, -0.25) is 4.79 Å². The highest BCUT2D eigenvalue weighted by atomic mass is 28.4. The molecule has 0 radical (unpaired) electrons. The molecule has 4 nitrogen and oxygen atoms in total. The van der Waals surface area contributed by atoms with E-state index in [9.17, 15) is 4.79 Å². The maximum absolute atomic E-state index is 12.8. The average Bonchev–Trinajstić information content (AvgIpc) is 2.78. The van der Waals surface area contributed by atoms with Gasteiger partial charge < -0.3 is 13.9 Å². The third kappa shape index (κ3) is 6.93. The Labute approximate surface area is 223 Å². The molecule has 2 fully saturated rings. The van der Waals surface area contributed by atoms with E-state index in [1.165, 1.54) is 0 Å². The number of hydrogen-bond acceptors (Lipinski definition) is 4. The van der Waals surface area contributed by atoms with E-state index in [0.29, 0.717) is 47.7 Å². The van der Waals surface area contributed by atoms with Crippen LogP contribution >= 0.6 is 0 Å². The van der Waals surface area contributed by atoms with E-state index in [1.807, 2.05) is 0 Å². The van der Waals surface area contributed by atoms with Crippen LogP contribution in [-0.2, 0) is 18.7 Å². The van der Waals surface area contributed by atoms with Crippen molar-refractivity contribution < 1.29 is 18.7 Å². The van der Waals surface area contributed by atoms with Gasteiger partial charge in [-0.1, -0.05) is 68.4 Å². The first kappa shape index (κ1) is 31.3. The molecule has 2 saturated heterocycles. The highest BCUT2D eigenvalue weighted by molar-refractivity contribution is 6.77. The maximum atomic E-state index is 12.8. The van der Waals surface area contributed by atoms with Gasteiger partial charge in [0, 0.05) is 18.8 Å². The average molecular weight is 519 g/mol. The third-order valence-corrected chi connectivity index (χ3v) is 14.8. The Hall–Kier alpha value is -0.933. The summed E-state index contributed by atoms with van der Waals surface area (Å²) in [4.78, 5) is 12.8. The van der Waals surface area contributed by atoms with Gasteiger partial charge in [-0.15, -0.1) is 12.3 Å². The van der Waals surface area contributed by atoms with Crippen molar-refractivity contribution in [3.63, 3.8) is 0 Å². The highest BCUT2D eigenvalue weighted by Gasteiger charge is 2.49. The molecule has 2 aliphatic heterocycles. The number of hydrogen-bond donors (Lipinski definition) is 0. The lowest BCUT2D eigenvalue weighted by Crippen LogP contribution is -2.53. The Bertz CT molecular complexity index is 786. The van der Waals surface area contributed by atoms with E-state index in [-0.39, 0.29) is 30.0 Å². The van der Waals surface area contributed by atoms with Crippen LogP contribution in [-0.4, -0.2) is 38.2 Å². The first-order valence-electron chi connectivity index (χ1n) is 14.4. The number of Topliss-reactive ketones (excluding diaryl/α,β-unsaturated/α-hetero) is 1. The first-order chi connectivity index (χ1) is 16.7. The minimum atomic E-state index is -2.11. The van der Waals surface area contributed by atoms with E-state index in [4.69, 9.17) is 20.3 Å². The molecule has 0 bridgehead atoms. The zero-order valence-corrected chi connectivity index (χ0v) is 26.0. The zero-order chi connectivity index (χ0) is 27.4. The van der Waals surface area contributed by atoms with Crippen LogP contribution in [0.15, 0.2) is 11.6 Å². The predicted octanol–water partition coefficient (Wildman–Crippen LogP) is 8.07. The molecular weight excluding hydrogens is 464 g/mol. The zero-order valence-electron chi connectivity index (χ0n) is 25.0. The molecule has 0 N–H and O–H groups in total. The Morgan fingerprint density at radius 3 is 2.19 bits per heavy atom. The minimum Gasteiger partial charge on any atom is -0.408 e. The maximum Gasteiger partial charge on any atom is 0.201 e. The van der Waals surface area contributed by atoms with Crippen molar-refractivity contribution in [3.8, 4) is 12.3 Å². The lowest BCUT2D eigenvalue weighted by molar-refractivity contribution is -0.319. The first-order valence-corrected chi connectivity index (χ1v) is 16.5. The van der Waals surface area contributed by atoms with Crippen molar-refractivity contribution in [1.82, 2.24) is 0 Å². The van der Waals surface area contributed by atoms with E-state index in [1.54, 1.807) is 0 Å². The third-order valence-electron chi connectivity index (χ3n) is 8.76.